The largest absolute Gasteiger partial charge is 0.478 e. The zero-order valence-electron chi connectivity index (χ0n) is 13.0. The average Bonchev–Trinajstić information content (AvgIpc) is 2.58. The Balaban J connectivity index is 2.13. The molecule has 126 valence electrons. The molecule has 5 nitrogen and oxygen atoms in total. The number of carboxylic acids is 1. The molecule has 3 rings (SSSR count). The summed E-state index contributed by atoms with van der Waals surface area (Å²) in [6.45, 7) is 1.63. The number of hydrogen-bond acceptors (Lipinski definition) is 3. The molecule has 0 aliphatic heterocycles. The summed E-state index contributed by atoms with van der Waals surface area (Å²) in [4.78, 5) is 28.0. The van der Waals surface area contributed by atoms with Crippen LogP contribution in [0.5, 0.6) is 0 Å². The molecule has 7 heteroatoms. The van der Waals surface area contributed by atoms with Crippen LogP contribution in [0, 0.1) is 6.92 Å². The van der Waals surface area contributed by atoms with Crippen molar-refractivity contribution in [3.8, 4) is 0 Å². The first-order valence-electron chi connectivity index (χ1n) is 7.27. The molecule has 0 aliphatic rings. The SMILES string of the molecule is Cc1c(C=Cc2c(Cl)cccc2Cl)nc2ccc(C(=O)O)cn2c1=O. The van der Waals surface area contributed by atoms with Gasteiger partial charge in [0.05, 0.1) is 11.3 Å². The van der Waals surface area contributed by atoms with Gasteiger partial charge >= 0.3 is 5.97 Å². The number of benzene rings is 1. The van der Waals surface area contributed by atoms with Crippen molar-refractivity contribution in [2.45, 2.75) is 6.92 Å². The van der Waals surface area contributed by atoms with Gasteiger partial charge in [-0.05, 0) is 43.3 Å². The molecule has 0 fully saturated rings. The molecule has 0 unspecified atom stereocenters. The lowest BCUT2D eigenvalue weighted by molar-refractivity contribution is 0.0696. The summed E-state index contributed by atoms with van der Waals surface area (Å²) in [5.41, 5.74) is 1.52. The van der Waals surface area contributed by atoms with Gasteiger partial charge in [-0.1, -0.05) is 29.3 Å². The van der Waals surface area contributed by atoms with E-state index in [2.05, 4.69) is 4.98 Å². The van der Waals surface area contributed by atoms with Crippen molar-refractivity contribution in [2.75, 3.05) is 0 Å². The van der Waals surface area contributed by atoms with E-state index in [0.29, 0.717) is 32.5 Å². The summed E-state index contributed by atoms with van der Waals surface area (Å²) in [6, 6.07) is 8.07. The maximum absolute atomic E-state index is 12.5. The predicted molar refractivity (Wildman–Crippen MR) is 98.5 cm³/mol. The summed E-state index contributed by atoms with van der Waals surface area (Å²) in [6.07, 6.45) is 4.62. The van der Waals surface area contributed by atoms with Crippen LogP contribution in [0.1, 0.15) is 27.2 Å². The Bertz CT molecular complexity index is 1070. The summed E-state index contributed by atoms with van der Waals surface area (Å²) in [5, 5.41) is 10.0. The molecule has 3 aromatic rings. The number of pyridine rings is 1. The van der Waals surface area contributed by atoms with Gasteiger partial charge in [0.25, 0.3) is 5.56 Å². The lowest BCUT2D eigenvalue weighted by atomic mass is 10.1. The predicted octanol–water partition coefficient (Wildman–Crippen LogP) is 4.18. The van der Waals surface area contributed by atoms with Crippen LogP contribution in [-0.4, -0.2) is 20.5 Å². The third-order valence-electron chi connectivity index (χ3n) is 3.74. The highest BCUT2D eigenvalue weighted by molar-refractivity contribution is 6.37. The minimum Gasteiger partial charge on any atom is -0.478 e. The van der Waals surface area contributed by atoms with E-state index in [4.69, 9.17) is 28.3 Å². The van der Waals surface area contributed by atoms with Crippen LogP contribution < -0.4 is 5.56 Å². The molecule has 25 heavy (non-hydrogen) atoms. The molecular formula is C18H12Cl2N2O3. The quantitative estimate of drug-likeness (QED) is 0.746. The van der Waals surface area contributed by atoms with Crippen LogP contribution in [0.3, 0.4) is 0 Å². The Hall–Kier alpha value is -2.63. The molecule has 0 spiro atoms. The van der Waals surface area contributed by atoms with E-state index in [1.165, 1.54) is 22.7 Å². The van der Waals surface area contributed by atoms with E-state index in [0.717, 1.165) is 0 Å². The number of fused-ring (bicyclic) bond motifs is 1. The topological polar surface area (TPSA) is 71.7 Å². The maximum Gasteiger partial charge on any atom is 0.337 e. The van der Waals surface area contributed by atoms with Gasteiger partial charge in [0.1, 0.15) is 5.65 Å². The first kappa shape index (κ1) is 17.2. The van der Waals surface area contributed by atoms with E-state index < -0.39 is 5.97 Å². The van der Waals surface area contributed by atoms with Crippen LogP contribution in [0.2, 0.25) is 10.0 Å². The summed E-state index contributed by atoms with van der Waals surface area (Å²) in [5.74, 6) is -1.11. The average molecular weight is 375 g/mol. The highest BCUT2D eigenvalue weighted by Gasteiger charge is 2.10. The Morgan fingerprint density at radius 3 is 2.48 bits per heavy atom. The van der Waals surface area contributed by atoms with Crippen molar-refractivity contribution in [3.05, 3.63) is 79.3 Å². The van der Waals surface area contributed by atoms with E-state index in [1.54, 1.807) is 37.3 Å². The van der Waals surface area contributed by atoms with Crippen LogP contribution in [-0.2, 0) is 0 Å². The fraction of sp³-hybridized carbons (Fsp3) is 0.0556. The Kier molecular flexibility index (Phi) is 4.61. The number of aromatic nitrogens is 2. The second kappa shape index (κ2) is 6.70. The van der Waals surface area contributed by atoms with Gasteiger partial charge in [-0.2, -0.15) is 0 Å². The highest BCUT2D eigenvalue weighted by atomic mass is 35.5. The molecule has 1 aromatic carbocycles. The molecule has 0 amide bonds. The van der Waals surface area contributed by atoms with Gasteiger partial charge in [-0.15, -0.1) is 0 Å². The first-order valence-corrected chi connectivity index (χ1v) is 8.02. The molecule has 0 atom stereocenters. The lowest BCUT2D eigenvalue weighted by Gasteiger charge is -2.06. The standard InChI is InChI=1S/C18H12Cl2N2O3/c1-10-15(7-6-12-13(19)3-2-4-14(12)20)21-16-8-5-11(18(24)25)9-22(16)17(10)23/h2-9H,1H3,(H,24,25). The fourth-order valence-electron chi connectivity index (χ4n) is 2.37. The zero-order valence-corrected chi connectivity index (χ0v) is 14.5. The number of nitrogens with zero attached hydrogens (tertiary/aromatic N) is 2. The number of halogens is 2. The summed E-state index contributed by atoms with van der Waals surface area (Å²) in [7, 11) is 0. The van der Waals surface area contributed by atoms with Crippen molar-refractivity contribution in [1.82, 2.24) is 9.38 Å². The minimum absolute atomic E-state index is 0.0157. The Labute approximate surface area is 152 Å². The van der Waals surface area contributed by atoms with Crippen molar-refractivity contribution in [3.63, 3.8) is 0 Å². The Morgan fingerprint density at radius 1 is 1.16 bits per heavy atom. The van der Waals surface area contributed by atoms with Crippen molar-refractivity contribution in [2.24, 2.45) is 0 Å². The second-order valence-corrected chi connectivity index (χ2v) is 6.16. The Morgan fingerprint density at radius 2 is 1.84 bits per heavy atom. The van der Waals surface area contributed by atoms with E-state index in [9.17, 15) is 9.59 Å². The van der Waals surface area contributed by atoms with Crippen molar-refractivity contribution < 1.29 is 9.90 Å². The fourth-order valence-corrected chi connectivity index (χ4v) is 2.89. The van der Waals surface area contributed by atoms with Crippen molar-refractivity contribution in [1.29, 1.82) is 0 Å². The van der Waals surface area contributed by atoms with E-state index >= 15 is 0 Å². The van der Waals surface area contributed by atoms with Crippen LogP contribution >= 0.6 is 23.2 Å². The molecular weight excluding hydrogens is 363 g/mol. The smallest absolute Gasteiger partial charge is 0.337 e. The number of hydrogen-bond donors (Lipinski definition) is 1. The minimum atomic E-state index is -1.11. The molecule has 2 aromatic heterocycles. The molecule has 0 aliphatic carbocycles. The molecule has 0 radical (unpaired) electrons. The monoisotopic (exact) mass is 374 g/mol. The van der Waals surface area contributed by atoms with E-state index in [1.807, 2.05) is 0 Å². The molecule has 0 saturated carbocycles. The summed E-state index contributed by atoms with van der Waals surface area (Å²) >= 11 is 12.3. The number of aromatic carboxylic acids is 1. The van der Waals surface area contributed by atoms with Gasteiger partial charge in [-0.25, -0.2) is 9.78 Å². The number of carbonyl (C=O) groups is 1. The second-order valence-electron chi connectivity index (χ2n) is 5.35. The maximum atomic E-state index is 12.5. The van der Waals surface area contributed by atoms with Gasteiger partial charge in [0, 0.05) is 27.4 Å². The zero-order chi connectivity index (χ0) is 18.1. The third kappa shape index (κ3) is 3.29. The number of rotatable bonds is 3. The molecule has 0 bridgehead atoms. The van der Waals surface area contributed by atoms with Gasteiger partial charge in [0.2, 0.25) is 0 Å². The van der Waals surface area contributed by atoms with Gasteiger partial charge < -0.3 is 5.11 Å². The van der Waals surface area contributed by atoms with Crippen molar-refractivity contribution >= 4 is 47.0 Å². The van der Waals surface area contributed by atoms with Crippen LogP contribution in [0.4, 0.5) is 0 Å². The number of carboxylic acid groups (broad SMARTS) is 1. The summed E-state index contributed by atoms with van der Waals surface area (Å²) < 4.78 is 1.22. The molecule has 0 saturated heterocycles. The molecule has 1 N–H and O–H groups in total. The normalized spacial score (nSPS) is 11.3. The van der Waals surface area contributed by atoms with Gasteiger partial charge in [0.15, 0.2) is 0 Å². The molecule has 2 heterocycles. The third-order valence-corrected chi connectivity index (χ3v) is 4.40. The lowest BCUT2D eigenvalue weighted by Crippen LogP contribution is -2.20. The first-order chi connectivity index (χ1) is 11.9. The van der Waals surface area contributed by atoms with Crippen LogP contribution in [0.15, 0.2) is 41.3 Å². The van der Waals surface area contributed by atoms with E-state index in [-0.39, 0.29) is 11.1 Å². The highest BCUT2D eigenvalue weighted by Crippen LogP contribution is 2.26. The van der Waals surface area contributed by atoms with Gasteiger partial charge in [-0.3, -0.25) is 9.20 Å². The van der Waals surface area contributed by atoms with Crippen LogP contribution in [0.25, 0.3) is 17.8 Å².